The monoisotopic (exact) mass is 130 g/mol. The fourth-order valence-electron chi connectivity index (χ4n) is 1.38. The third kappa shape index (κ3) is 0.860. The van der Waals surface area contributed by atoms with Gasteiger partial charge in [-0.15, -0.1) is 0 Å². The van der Waals surface area contributed by atoms with E-state index < -0.39 is 0 Å². The van der Waals surface area contributed by atoms with E-state index in [1.807, 2.05) is 0 Å². The first-order valence-electron chi connectivity index (χ1n) is 3.68. The molecule has 0 saturated carbocycles. The molecule has 0 aromatic heterocycles. The zero-order valence-electron chi connectivity index (χ0n) is 5.88. The van der Waals surface area contributed by atoms with Crippen molar-refractivity contribution in [3.05, 3.63) is 47.6 Å². The molecule has 0 bridgehead atoms. The minimum Gasteiger partial charge on any atom is -0.0841 e. The van der Waals surface area contributed by atoms with Crippen molar-refractivity contribution in [3.8, 4) is 0 Å². The third-order valence-electron chi connectivity index (χ3n) is 1.97. The SMILES string of the molecule is C1=CC(=C2CC=CC2)C=C1. The number of allylic oxidation sites excluding steroid dienone is 8. The first-order chi connectivity index (χ1) is 4.97. The second-order valence-electron chi connectivity index (χ2n) is 2.66. The molecule has 0 radical (unpaired) electrons. The Labute approximate surface area is 61.3 Å². The van der Waals surface area contributed by atoms with Gasteiger partial charge < -0.3 is 0 Å². The maximum Gasteiger partial charge on any atom is -0.0127 e. The van der Waals surface area contributed by atoms with E-state index in [0.717, 1.165) is 12.8 Å². The van der Waals surface area contributed by atoms with Crippen LogP contribution in [0.4, 0.5) is 0 Å². The van der Waals surface area contributed by atoms with E-state index in [-0.39, 0.29) is 0 Å². The summed E-state index contributed by atoms with van der Waals surface area (Å²) in [7, 11) is 0. The molecule has 0 nitrogen and oxygen atoms in total. The Bertz CT molecular complexity index is 225. The van der Waals surface area contributed by atoms with E-state index >= 15 is 0 Å². The lowest BCUT2D eigenvalue weighted by Gasteiger charge is -1.96. The van der Waals surface area contributed by atoms with Crippen molar-refractivity contribution in [1.29, 1.82) is 0 Å². The highest BCUT2D eigenvalue weighted by molar-refractivity contribution is 5.45. The van der Waals surface area contributed by atoms with E-state index in [2.05, 4.69) is 36.5 Å². The fraction of sp³-hybridized carbons (Fsp3) is 0.200. The Balaban J connectivity index is 2.29. The summed E-state index contributed by atoms with van der Waals surface area (Å²) >= 11 is 0. The fourth-order valence-corrected chi connectivity index (χ4v) is 1.38. The van der Waals surface area contributed by atoms with Crippen LogP contribution in [0.25, 0.3) is 0 Å². The van der Waals surface area contributed by atoms with Crippen molar-refractivity contribution < 1.29 is 0 Å². The molecule has 0 spiro atoms. The summed E-state index contributed by atoms with van der Waals surface area (Å²) in [6, 6.07) is 0. The standard InChI is InChI=1S/C10H10/c1-2-6-9(5-1)10-7-3-4-8-10/h1-6H,7-8H2. The van der Waals surface area contributed by atoms with E-state index in [1.165, 1.54) is 5.57 Å². The molecule has 0 aliphatic heterocycles. The van der Waals surface area contributed by atoms with Crippen molar-refractivity contribution in [1.82, 2.24) is 0 Å². The summed E-state index contributed by atoms with van der Waals surface area (Å²) in [6.45, 7) is 0. The number of hydrogen-bond donors (Lipinski definition) is 0. The average Bonchev–Trinajstić information content (AvgIpc) is 2.59. The van der Waals surface area contributed by atoms with Gasteiger partial charge in [0, 0.05) is 0 Å². The van der Waals surface area contributed by atoms with Crippen LogP contribution in [-0.2, 0) is 0 Å². The Morgan fingerprint density at radius 1 is 0.900 bits per heavy atom. The van der Waals surface area contributed by atoms with Crippen LogP contribution in [0.2, 0.25) is 0 Å². The van der Waals surface area contributed by atoms with Gasteiger partial charge in [-0.2, -0.15) is 0 Å². The zero-order valence-corrected chi connectivity index (χ0v) is 5.88. The minimum absolute atomic E-state index is 1.16. The lowest BCUT2D eigenvalue weighted by Crippen LogP contribution is -1.77. The second kappa shape index (κ2) is 2.30. The van der Waals surface area contributed by atoms with Gasteiger partial charge in [-0.3, -0.25) is 0 Å². The van der Waals surface area contributed by atoms with Crippen molar-refractivity contribution in [2.24, 2.45) is 0 Å². The van der Waals surface area contributed by atoms with Crippen molar-refractivity contribution in [2.75, 3.05) is 0 Å². The van der Waals surface area contributed by atoms with Gasteiger partial charge in [0.15, 0.2) is 0 Å². The molecule has 0 heteroatoms. The molecular weight excluding hydrogens is 120 g/mol. The Morgan fingerprint density at radius 3 is 2.10 bits per heavy atom. The lowest BCUT2D eigenvalue weighted by molar-refractivity contribution is 1.17. The molecule has 2 aliphatic carbocycles. The Morgan fingerprint density at radius 2 is 1.50 bits per heavy atom. The average molecular weight is 130 g/mol. The molecule has 50 valence electrons. The van der Waals surface area contributed by atoms with Crippen LogP contribution in [0, 0.1) is 0 Å². The molecule has 0 fully saturated rings. The molecule has 10 heavy (non-hydrogen) atoms. The highest BCUT2D eigenvalue weighted by atomic mass is 14.1. The van der Waals surface area contributed by atoms with Crippen LogP contribution in [-0.4, -0.2) is 0 Å². The Hall–Kier alpha value is -1.04. The van der Waals surface area contributed by atoms with E-state index in [0.29, 0.717) is 0 Å². The molecule has 0 unspecified atom stereocenters. The zero-order chi connectivity index (χ0) is 6.81. The quantitative estimate of drug-likeness (QED) is 0.442. The largest absolute Gasteiger partial charge is 0.0841 e. The van der Waals surface area contributed by atoms with Crippen LogP contribution in [0.15, 0.2) is 47.6 Å². The van der Waals surface area contributed by atoms with Gasteiger partial charge >= 0.3 is 0 Å². The van der Waals surface area contributed by atoms with Crippen molar-refractivity contribution >= 4 is 0 Å². The van der Waals surface area contributed by atoms with E-state index in [9.17, 15) is 0 Å². The first-order valence-corrected chi connectivity index (χ1v) is 3.68. The number of rotatable bonds is 0. The molecule has 0 aromatic rings. The van der Waals surface area contributed by atoms with Crippen LogP contribution in [0.1, 0.15) is 12.8 Å². The minimum atomic E-state index is 1.16. The molecule has 0 atom stereocenters. The molecular formula is C10H10. The summed E-state index contributed by atoms with van der Waals surface area (Å²) in [6.07, 6.45) is 15.4. The molecule has 0 N–H and O–H groups in total. The van der Waals surface area contributed by atoms with Gasteiger partial charge in [-0.1, -0.05) is 42.0 Å². The maximum atomic E-state index is 2.24. The van der Waals surface area contributed by atoms with Gasteiger partial charge in [-0.05, 0) is 18.4 Å². The summed E-state index contributed by atoms with van der Waals surface area (Å²) in [5, 5.41) is 0. The topological polar surface area (TPSA) is 0 Å². The van der Waals surface area contributed by atoms with Crippen molar-refractivity contribution in [3.63, 3.8) is 0 Å². The predicted molar refractivity (Wildman–Crippen MR) is 43.7 cm³/mol. The highest BCUT2D eigenvalue weighted by Gasteiger charge is 2.04. The summed E-state index contributed by atoms with van der Waals surface area (Å²) in [4.78, 5) is 0. The van der Waals surface area contributed by atoms with E-state index in [1.54, 1.807) is 5.57 Å². The number of hydrogen-bond acceptors (Lipinski definition) is 0. The van der Waals surface area contributed by atoms with Gasteiger partial charge in [0.05, 0.1) is 0 Å². The molecule has 0 amide bonds. The van der Waals surface area contributed by atoms with Crippen LogP contribution in [0.3, 0.4) is 0 Å². The van der Waals surface area contributed by atoms with Gasteiger partial charge in [0.1, 0.15) is 0 Å². The highest BCUT2D eigenvalue weighted by Crippen LogP contribution is 2.24. The molecule has 0 heterocycles. The summed E-state index contributed by atoms with van der Waals surface area (Å²) in [5.74, 6) is 0. The van der Waals surface area contributed by atoms with Crippen LogP contribution >= 0.6 is 0 Å². The molecule has 2 aliphatic rings. The lowest BCUT2D eigenvalue weighted by atomic mass is 10.1. The molecule has 0 aromatic carbocycles. The van der Waals surface area contributed by atoms with E-state index in [4.69, 9.17) is 0 Å². The van der Waals surface area contributed by atoms with Crippen LogP contribution < -0.4 is 0 Å². The molecule has 0 saturated heterocycles. The maximum absolute atomic E-state index is 2.24. The van der Waals surface area contributed by atoms with Gasteiger partial charge in [0.2, 0.25) is 0 Å². The normalized spacial score (nSPS) is 21.6. The van der Waals surface area contributed by atoms with Gasteiger partial charge in [-0.25, -0.2) is 0 Å². The third-order valence-corrected chi connectivity index (χ3v) is 1.97. The van der Waals surface area contributed by atoms with Crippen LogP contribution in [0.5, 0.6) is 0 Å². The second-order valence-corrected chi connectivity index (χ2v) is 2.66. The smallest absolute Gasteiger partial charge is 0.0127 e. The van der Waals surface area contributed by atoms with Crippen molar-refractivity contribution in [2.45, 2.75) is 12.8 Å². The molecule has 2 rings (SSSR count). The Kier molecular flexibility index (Phi) is 1.31. The summed E-state index contributed by atoms with van der Waals surface area (Å²) < 4.78 is 0. The predicted octanol–water partition coefficient (Wildman–Crippen LogP) is 2.76. The first kappa shape index (κ1) is 5.72. The summed E-state index contributed by atoms with van der Waals surface area (Å²) in [5.41, 5.74) is 2.98. The van der Waals surface area contributed by atoms with Gasteiger partial charge in [0.25, 0.3) is 0 Å².